The van der Waals surface area contributed by atoms with Crippen LogP contribution in [0, 0.1) is 12.8 Å². The maximum Gasteiger partial charge on any atom is 0.0661 e. The second-order valence-corrected chi connectivity index (χ2v) is 6.05. The molecule has 0 amide bonds. The summed E-state index contributed by atoms with van der Waals surface area (Å²) in [6.45, 7) is 7.18. The predicted molar refractivity (Wildman–Crippen MR) is 85.0 cm³/mol. The molecule has 1 aromatic carbocycles. The van der Waals surface area contributed by atoms with Crippen molar-refractivity contribution in [1.82, 2.24) is 5.32 Å². The zero-order valence-electron chi connectivity index (χ0n) is 13.0. The molecule has 1 saturated carbocycles. The van der Waals surface area contributed by atoms with Gasteiger partial charge in [-0.1, -0.05) is 44.0 Å². The number of benzene rings is 1. The minimum absolute atomic E-state index is 0.331. The second-order valence-electron chi connectivity index (χ2n) is 6.05. The third-order valence-corrected chi connectivity index (χ3v) is 4.32. The zero-order chi connectivity index (χ0) is 14.2. The van der Waals surface area contributed by atoms with Gasteiger partial charge in [-0.15, -0.1) is 0 Å². The Morgan fingerprint density at radius 2 is 2.00 bits per heavy atom. The molecular formula is C18H29NO. The third kappa shape index (κ3) is 4.60. The average molecular weight is 275 g/mol. The highest BCUT2D eigenvalue weighted by molar-refractivity contribution is 5.28. The van der Waals surface area contributed by atoms with Crippen LogP contribution in [0.3, 0.4) is 0 Å². The fourth-order valence-electron chi connectivity index (χ4n) is 3.08. The van der Waals surface area contributed by atoms with E-state index in [1.807, 2.05) is 0 Å². The van der Waals surface area contributed by atoms with E-state index in [0.717, 1.165) is 32.1 Å². The van der Waals surface area contributed by atoms with Crippen molar-refractivity contribution in [2.45, 2.75) is 52.0 Å². The fourth-order valence-corrected chi connectivity index (χ4v) is 3.08. The first-order chi connectivity index (χ1) is 9.81. The molecule has 1 fully saturated rings. The standard InChI is InChI=1S/C18H29NO/c1-3-12-19-18(17-11-7-4-8-15(17)2)14-20-13-16-9-5-6-10-16/h4,7-8,11,16,18-19H,3,5-6,9-10,12-14H2,1-2H3. The second kappa shape index (κ2) is 8.43. The highest BCUT2D eigenvalue weighted by Gasteiger charge is 2.17. The largest absolute Gasteiger partial charge is 0.379 e. The molecule has 1 aliphatic carbocycles. The average Bonchev–Trinajstić information content (AvgIpc) is 2.97. The van der Waals surface area contributed by atoms with Crippen LogP contribution in [0.2, 0.25) is 0 Å². The minimum atomic E-state index is 0.331. The van der Waals surface area contributed by atoms with Crippen molar-refractivity contribution in [3.63, 3.8) is 0 Å². The van der Waals surface area contributed by atoms with E-state index in [1.54, 1.807) is 0 Å². The van der Waals surface area contributed by atoms with Crippen molar-refractivity contribution < 1.29 is 4.74 Å². The van der Waals surface area contributed by atoms with E-state index >= 15 is 0 Å². The molecule has 20 heavy (non-hydrogen) atoms. The van der Waals surface area contributed by atoms with Crippen LogP contribution in [-0.4, -0.2) is 19.8 Å². The Morgan fingerprint density at radius 1 is 1.25 bits per heavy atom. The van der Waals surface area contributed by atoms with E-state index in [1.165, 1.54) is 36.8 Å². The molecule has 0 bridgehead atoms. The molecule has 0 spiro atoms. The Bertz CT molecular complexity index is 385. The normalized spacial score (nSPS) is 17.5. The van der Waals surface area contributed by atoms with E-state index in [4.69, 9.17) is 4.74 Å². The predicted octanol–water partition coefficient (Wildman–Crippen LogP) is 4.24. The lowest BCUT2D eigenvalue weighted by atomic mass is 10.0. The Morgan fingerprint density at radius 3 is 2.70 bits per heavy atom. The fraction of sp³-hybridized carbons (Fsp3) is 0.667. The summed E-state index contributed by atoms with van der Waals surface area (Å²) in [6, 6.07) is 8.97. The van der Waals surface area contributed by atoms with E-state index in [0.29, 0.717) is 6.04 Å². The first-order valence-electron chi connectivity index (χ1n) is 8.18. The van der Waals surface area contributed by atoms with Crippen molar-refractivity contribution in [2.24, 2.45) is 5.92 Å². The summed E-state index contributed by atoms with van der Waals surface area (Å²) in [5, 5.41) is 3.63. The molecule has 1 aromatic rings. The van der Waals surface area contributed by atoms with Crippen LogP contribution in [0.1, 0.15) is 56.2 Å². The van der Waals surface area contributed by atoms with Crippen molar-refractivity contribution in [3.05, 3.63) is 35.4 Å². The summed E-state index contributed by atoms with van der Waals surface area (Å²) in [7, 11) is 0. The van der Waals surface area contributed by atoms with Gasteiger partial charge in [0, 0.05) is 6.61 Å². The summed E-state index contributed by atoms with van der Waals surface area (Å²) >= 11 is 0. The van der Waals surface area contributed by atoms with Crippen LogP contribution >= 0.6 is 0 Å². The van der Waals surface area contributed by atoms with Crippen LogP contribution < -0.4 is 5.32 Å². The topological polar surface area (TPSA) is 21.3 Å². The Kier molecular flexibility index (Phi) is 6.55. The lowest BCUT2D eigenvalue weighted by Gasteiger charge is -2.22. The van der Waals surface area contributed by atoms with E-state index in [2.05, 4.69) is 43.4 Å². The first-order valence-corrected chi connectivity index (χ1v) is 8.18. The molecule has 0 aliphatic heterocycles. The van der Waals surface area contributed by atoms with Gasteiger partial charge in [-0.05, 0) is 49.8 Å². The molecule has 2 nitrogen and oxygen atoms in total. The number of hydrogen-bond donors (Lipinski definition) is 1. The van der Waals surface area contributed by atoms with Gasteiger partial charge in [-0.3, -0.25) is 0 Å². The summed E-state index contributed by atoms with van der Waals surface area (Å²) in [4.78, 5) is 0. The molecule has 112 valence electrons. The van der Waals surface area contributed by atoms with E-state index in [9.17, 15) is 0 Å². The molecule has 2 heteroatoms. The van der Waals surface area contributed by atoms with Crippen LogP contribution in [0.4, 0.5) is 0 Å². The third-order valence-electron chi connectivity index (χ3n) is 4.32. The van der Waals surface area contributed by atoms with Gasteiger partial charge in [0.15, 0.2) is 0 Å². The lowest BCUT2D eigenvalue weighted by molar-refractivity contribution is 0.0827. The van der Waals surface area contributed by atoms with Gasteiger partial charge >= 0.3 is 0 Å². The SMILES string of the molecule is CCCNC(COCC1CCCC1)c1ccccc1C. The summed E-state index contributed by atoms with van der Waals surface area (Å²) in [6.07, 6.45) is 6.66. The number of aryl methyl sites for hydroxylation is 1. The van der Waals surface area contributed by atoms with Gasteiger partial charge in [-0.2, -0.15) is 0 Å². The van der Waals surface area contributed by atoms with Crippen LogP contribution in [0.15, 0.2) is 24.3 Å². The van der Waals surface area contributed by atoms with Crippen molar-refractivity contribution in [2.75, 3.05) is 19.8 Å². The molecule has 1 aliphatic rings. The van der Waals surface area contributed by atoms with Gasteiger partial charge in [0.1, 0.15) is 0 Å². The van der Waals surface area contributed by atoms with Gasteiger partial charge < -0.3 is 10.1 Å². The van der Waals surface area contributed by atoms with E-state index in [-0.39, 0.29) is 0 Å². The summed E-state index contributed by atoms with van der Waals surface area (Å²) < 4.78 is 6.02. The summed E-state index contributed by atoms with van der Waals surface area (Å²) in [5.41, 5.74) is 2.73. The number of nitrogens with one attached hydrogen (secondary N) is 1. The molecule has 1 unspecified atom stereocenters. The monoisotopic (exact) mass is 275 g/mol. The lowest BCUT2D eigenvalue weighted by Crippen LogP contribution is -2.27. The number of ether oxygens (including phenoxy) is 1. The number of hydrogen-bond acceptors (Lipinski definition) is 2. The van der Waals surface area contributed by atoms with Gasteiger partial charge in [-0.25, -0.2) is 0 Å². The Labute approximate surface area is 123 Å². The molecule has 1 N–H and O–H groups in total. The van der Waals surface area contributed by atoms with Crippen LogP contribution in [0.25, 0.3) is 0 Å². The van der Waals surface area contributed by atoms with Gasteiger partial charge in [0.2, 0.25) is 0 Å². The smallest absolute Gasteiger partial charge is 0.0661 e. The van der Waals surface area contributed by atoms with Crippen molar-refractivity contribution in [1.29, 1.82) is 0 Å². The van der Waals surface area contributed by atoms with E-state index < -0.39 is 0 Å². The minimum Gasteiger partial charge on any atom is -0.379 e. The van der Waals surface area contributed by atoms with Crippen molar-refractivity contribution >= 4 is 0 Å². The molecule has 0 saturated heterocycles. The maximum absolute atomic E-state index is 6.02. The molecule has 0 aromatic heterocycles. The number of rotatable bonds is 8. The maximum atomic E-state index is 6.02. The highest BCUT2D eigenvalue weighted by Crippen LogP contribution is 2.25. The van der Waals surface area contributed by atoms with Crippen molar-refractivity contribution in [3.8, 4) is 0 Å². The summed E-state index contributed by atoms with van der Waals surface area (Å²) in [5.74, 6) is 0.804. The van der Waals surface area contributed by atoms with Gasteiger partial charge in [0.25, 0.3) is 0 Å². The zero-order valence-corrected chi connectivity index (χ0v) is 13.0. The van der Waals surface area contributed by atoms with Gasteiger partial charge in [0.05, 0.1) is 12.6 Å². The molecular weight excluding hydrogens is 246 g/mol. The van der Waals surface area contributed by atoms with Crippen LogP contribution in [0.5, 0.6) is 0 Å². The first kappa shape index (κ1) is 15.5. The molecule has 2 rings (SSSR count). The van der Waals surface area contributed by atoms with Crippen LogP contribution in [-0.2, 0) is 4.74 Å². The quantitative estimate of drug-likeness (QED) is 0.766. The highest BCUT2D eigenvalue weighted by atomic mass is 16.5. The Hall–Kier alpha value is -0.860. The molecule has 0 heterocycles. The molecule has 0 radical (unpaired) electrons. The Balaban J connectivity index is 1.87. The molecule has 1 atom stereocenters.